The smallest absolute Gasteiger partial charge is 0.231 e. The van der Waals surface area contributed by atoms with E-state index in [-0.39, 0.29) is 11.8 Å². The number of carbonyl (C=O) groups excluding carboxylic acids is 1. The Hall–Kier alpha value is -2.10. The maximum absolute atomic E-state index is 11.8. The second-order valence-corrected chi connectivity index (χ2v) is 4.58. The number of carbonyl (C=O) groups is 1. The van der Waals surface area contributed by atoms with E-state index in [1.807, 2.05) is 25.1 Å². The molecule has 1 aliphatic rings. The van der Waals surface area contributed by atoms with Crippen molar-refractivity contribution in [3.8, 4) is 0 Å². The van der Waals surface area contributed by atoms with Crippen molar-refractivity contribution < 1.29 is 4.79 Å². The molecule has 3 rings (SSSR count). The highest BCUT2D eigenvalue weighted by Gasteiger charge is 2.29. The molecule has 0 fully saturated rings. The van der Waals surface area contributed by atoms with Gasteiger partial charge in [0.1, 0.15) is 5.82 Å². The standard InChI is InChI=1S/C14H15N3O/c1-3-5-13-15-11-6-9-8(4-2)14(18)17-10(9)7-12(11)16-13/h3,6-8H,1,4-5H2,2H3,(H,15,16)(H,17,18). The highest BCUT2D eigenvalue weighted by molar-refractivity contribution is 6.05. The van der Waals surface area contributed by atoms with Crippen LogP contribution in [0.15, 0.2) is 24.8 Å². The number of nitrogens with one attached hydrogen (secondary N) is 2. The summed E-state index contributed by atoms with van der Waals surface area (Å²) >= 11 is 0. The van der Waals surface area contributed by atoms with Gasteiger partial charge in [0, 0.05) is 12.1 Å². The molecule has 1 aromatic carbocycles. The van der Waals surface area contributed by atoms with Gasteiger partial charge in [-0.15, -0.1) is 6.58 Å². The van der Waals surface area contributed by atoms with Crippen molar-refractivity contribution in [3.05, 3.63) is 36.2 Å². The minimum absolute atomic E-state index is 0.0319. The molecule has 92 valence electrons. The molecule has 0 bridgehead atoms. The number of allylic oxidation sites excluding steroid dienone is 1. The highest BCUT2D eigenvalue weighted by Crippen LogP contribution is 2.36. The maximum Gasteiger partial charge on any atom is 0.231 e. The third-order valence-corrected chi connectivity index (χ3v) is 3.40. The maximum atomic E-state index is 11.8. The summed E-state index contributed by atoms with van der Waals surface area (Å²) in [5, 5.41) is 2.92. The van der Waals surface area contributed by atoms with Crippen molar-refractivity contribution in [2.45, 2.75) is 25.7 Å². The number of hydrogen-bond acceptors (Lipinski definition) is 2. The van der Waals surface area contributed by atoms with Crippen LogP contribution >= 0.6 is 0 Å². The lowest BCUT2D eigenvalue weighted by Crippen LogP contribution is -2.10. The molecular weight excluding hydrogens is 226 g/mol. The van der Waals surface area contributed by atoms with Gasteiger partial charge in [-0.05, 0) is 24.1 Å². The molecule has 1 atom stereocenters. The fourth-order valence-corrected chi connectivity index (χ4v) is 2.52. The summed E-state index contributed by atoms with van der Waals surface area (Å²) in [7, 11) is 0. The van der Waals surface area contributed by atoms with E-state index in [4.69, 9.17) is 0 Å². The first-order valence-electron chi connectivity index (χ1n) is 6.17. The first-order valence-corrected chi connectivity index (χ1v) is 6.17. The Balaban J connectivity index is 2.13. The van der Waals surface area contributed by atoms with Crippen LogP contribution in [0.3, 0.4) is 0 Å². The quantitative estimate of drug-likeness (QED) is 0.812. The van der Waals surface area contributed by atoms with Gasteiger partial charge in [0.05, 0.1) is 17.0 Å². The monoisotopic (exact) mass is 241 g/mol. The van der Waals surface area contributed by atoms with Gasteiger partial charge in [-0.2, -0.15) is 0 Å². The van der Waals surface area contributed by atoms with E-state index >= 15 is 0 Å². The number of anilines is 1. The van der Waals surface area contributed by atoms with Crippen molar-refractivity contribution in [2.24, 2.45) is 0 Å². The van der Waals surface area contributed by atoms with Crippen LogP contribution in [0.25, 0.3) is 11.0 Å². The van der Waals surface area contributed by atoms with Crippen LogP contribution in [0.1, 0.15) is 30.7 Å². The van der Waals surface area contributed by atoms with Gasteiger partial charge >= 0.3 is 0 Å². The third-order valence-electron chi connectivity index (χ3n) is 3.40. The average Bonchev–Trinajstić information content (AvgIpc) is 2.85. The van der Waals surface area contributed by atoms with Crippen LogP contribution < -0.4 is 5.32 Å². The number of hydrogen-bond donors (Lipinski definition) is 2. The number of aromatic nitrogens is 2. The fraction of sp³-hybridized carbons (Fsp3) is 0.286. The Morgan fingerprint density at radius 1 is 1.50 bits per heavy atom. The van der Waals surface area contributed by atoms with Gasteiger partial charge in [0.15, 0.2) is 0 Å². The summed E-state index contributed by atoms with van der Waals surface area (Å²) in [4.78, 5) is 19.5. The molecule has 2 aromatic rings. The summed E-state index contributed by atoms with van der Waals surface area (Å²) < 4.78 is 0. The predicted octanol–water partition coefficient (Wildman–Crippen LogP) is 2.74. The number of rotatable bonds is 3. The molecule has 1 unspecified atom stereocenters. The molecule has 4 nitrogen and oxygen atoms in total. The van der Waals surface area contributed by atoms with Crippen LogP contribution in [0.4, 0.5) is 5.69 Å². The second kappa shape index (κ2) is 3.98. The number of amides is 1. The Kier molecular flexibility index (Phi) is 2.44. The lowest BCUT2D eigenvalue weighted by molar-refractivity contribution is -0.117. The minimum Gasteiger partial charge on any atom is -0.342 e. The van der Waals surface area contributed by atoms with Crippen molar-refractivity contribution >= 4 is 22.6 Å². The van der Waals surface area contributed by atoms with Crippen LogP contribution in [0.5, 0.6) is 0 Å². The average molecular weight is 241 g/mol. The zero-order chi connectivity index (χ0) is 12.7. The molecule has 18 heavy (non-hydrogen) atoms. The first kappa shape index (κ1) is 11.0. The largest absolute Gasteiger partial charge is 0.342 e. The molecule has 4 heteroatoms. The Morgan fingerprint density at radius 2 is 2.33 bits per heavy atom. The van der Waals surface area contributed by atoms with Gasteiger partial charge in [0.2, 0.25) is 5.91 Å². The van der Waals surface area contributed by atoms with E-state index < -0.39 is 0 Å². The van der Waals surface area contributed by atoms with Gasteiger partial charge in [-0.3, -0.25) is 4.79 Å². The van der Waals surface area contributed by atoms with E-state index in [2.05, 4.69) is 21.9 Å². The summed E-state index contributed by atoms with van der Waals surface area (Å²) in [6, 6.07) is 3.98. The van der Waals surface area contributed by atoms with Gasteiger partial charge in [-0.25, -0.2) is 4.98 Å². The topological polar surface area (TPSA) is 57.8 Å². The lowest BCUT2D eigenvalue weighted by atomic mass is 9.98. The van der Waals surface area contributed by atoms with E-state index in [1.165, 1.54) is 0 Å². The van der Waals surface area contributed by atoms with Crippen LogP contribution in [0.2, 0.25) is 0 Å². The Labute approximate surface area is 105 Å². The van der Waals surface area contributed by atoms with Crippen LogP contribution in [-0.2, 0) is 11.2 Å². The van der Waals surface area contributed by atoms with Crippen molar-refractivity contribution in [3.63, 3.8) is 0 Å². The van der Waals surface area contributed by atoms with Crippen molar-refractivity contribution in [2.75, 3.05) is 5.32 Å². The van der Waals surface area contributed by atoms with Gasteiger partial charge in [0.25, 0.3) is 0 Å². The number of aromatic amines is 1. The molecule has 0 saturated carbocycles. The van der Waals surface area contributed by atoms with Gasteiger partial charge in [-0.1, -0.05) is 13.0 Å². The molecule has 2 N–H and O–H groups in total. The molecule has 0 aliphatic carbocycles. The van der Waals surface area contributed by atoms with E-state index in [0.717, 1.165) is 41.0 Å². The Bertz CT molecular complexity index is 642. The molecule has 0 radical (unpaired) electrons. The lowest BCUT2D eigenvalue weighted by Gasteiger charge is -2.03. The van der Waals surface area contributed by atoms with Crippen molar-refractivity contribution in [1.82, 2.24) is 9.97 Å². The summed E-state index contributed by atoms with van der Waals surface area (Å²) in [5.41, 5.74) is 3.85. The normalized spacial score (nSPS) is 17.8. The molecule has 1 amide bonds. The Morgan fingerprint density at radius 3 is 3.06 bits per heavy atom. The first-order chi connectivity index (χ1) is 8.72. The minimum atomic E-state index is -0.0319. The molecule has 1 aliphatic heterocycles. The number of imidazole rings is 1. The number of fused-ring (bicyclic) bond motifs is 2. The molecular formula is C14H15N3O. The van der Waals surface area contributed by atoms with E-state index in [9.17, 15) is 4.79 Å². The molecule has 2 heterocycles. The predicted molar refractivity (Wildman–Crippen MR) is 71.7 cm³/mol. The molecule has 0 spiro atoms. The summed E-state index contributed by atoms with van der Waals surface area (Å²) in [5.74, 6) is 0.963. The van der Waals surface area contributed by atoms with E-state index in [1.54, 1.807) is 0 Å². The van der Waals surface area contributed by atoms with E-state index in [0.29, 0.717) is 0 Å². The number of nitrogens with zero attached hydrogens (tertiary/aromatic N) is 1. The number of benzene rings is 1. The zero-order valence-electron chi connectivity index (χ0n) is 10.3. The fourth-order valence-electron chi connectivity index (χ4n) is 2.52. The summed E-state index contributed by atoms with van der Waals surface area (Å²) in [6.45, 7) is 5.73. The van der Waals surface area contributed by atoms with Crippen LogP contribution in [0, 0.1) is 0 Å². The highest BCUT2D eigenvalue weighted by atomic mass is 16.2. The van der Waals surface area contributed by atoms with Crippen LogP contribution in [-0.4, -0.2) is 15.9 Å². The van der Waals surface area contributed by atoms with Gasteiger partial charge < -0.3 is 10.3 Å². The third kappa shape index (κ3) is 1.53. The summed E-state index contributed by atoms with van der Waals surface area (Å²) in [6.07, 6.45) is 3.36. The second-order valence-electron chi connectivity index (χ2n) is 4.58. The van der Waals surface area contributed by atoms with Crippen molar-refractivity contribution in [1.29, 1.82) is 0 Å². The number of H-pyrrole nitrogens is 1. The zero-order valence-corrected chi connectivity index (χ0v) is 10.3. The molecule has 0 saturated heterocycles. The SMILES string of the molecule is C=CCc1nc2cc3c(cc2[nH]1)C(CC)C(=O)N3. The molecule has 1 aromatic heterocycles.